The van der Waals surface area contributed by atoms with Crippen molar-refractivity contribution in [1.82, 2.24) is 5.32 Å². The number of benzene rings is 2. The number of amides is 1. The Bertz CT molecular complexity index is 664. The number of para-hydroxylation sites is 1. The van der Waals surface area contributed by atoms with Gasteiger partial charge >= 0.3 is 0 Å². The van der Waals surface area contributed by atoms with Gasteiger partial charge in [0.25, 0.3) is 5.91 Å². The molecule has 2 aromatic rings. The molecule has 0 bridgehead atoms. The summed E-state index contributed by atoms with van der Waals surface area (Å²) in [6.45, 7) is 7.99. The van der Waals surface area contributed by atoms with Crippen molar-refractivity contribution in [2.45, 2.75) is 52.7 Å². The SMILES string of the molecule is CCc1ccc([C@H](C)NC(=O)[C@@H](C)Oc2ccccc2CC)cc1. The van der Waals surface area contributed by atoms with E-state index in [0.29, 0.717) is 0 Å². The molecule has 1 N–H and O–H groups in total. The molecule has 0 saturated heterocycles. The van der Waals surface area contributed by atoms with Gasteiger partial charge in [-0.1, -0.05) is 56.3 Å². The van der Waals surface area contributed by atoms with Crippen LogP contribution in [0, 0.1) is 0 Å². The highest BCUT2D eigenvalue weighted by Gasteiger charge is 2.18. The number of aryl methyl sites for hydroxylation is 2. The molecule has 0 radical (unpaired) electrons. The third kappa shape index (κ3) is 4.60. The van der Waals surface area contributed by atoms with Gasteiger partial charge in [0.15, 0.2) is 6.10 Å². The van der Waals surface area contributed by atoms with Gasteiger partial charge in [0.2, 0.25) is 0 Å². The first-order valence-electron chi connectivity index (χ1n) is 8.68. The van der Waals surface area contributed by atoms with Crippen LogP contribution in [0.15, 0.2) is 48.5 Å². The molecule has 0 fully saturated rings. The fourth-order valence-corrected chi connectivity index (χ4v) is 2.61. The molecule has 3 heteroatoms. The lowest BCUT2D eigenvalue weighted by molar-refractivity contribution is -0.127. The van der Waals surface area contributed by atoms with E-state index in [9.17, 15) is 4.79 Å². The Hall–Kier alpha value is -2.29. The van der Waals surface area contributed by atoms with Gasteiger partial charge < -0.3 is 10.1 Å². The zero-order valence-corrected chi connectivity index (χ0v) is 15.0. The molecule has 2 rings (SSSR count). The van der Waals surface area contributed by atoms with Crippen LogP contribution in [0.5, 0.6) is 5.75 Å². The predicted octanol–water partition coefficient (Wildman–Crippen LogP) is 4.46. The van der Waals surface area contributed by atoms with Crippen molar-refractivity contribution in [3.8, 4) is 5.75 Å². The smallest absolute Gasteiger partial charge is 0.261 e. The van der Waals surface area contributed by atoms with E-state index >= 15 is 0 Å². The summed E-state index contributed by atoms with van der Waals surface area (Å²) in [5.41, 5.74) is 3.51. The maximum absolute atomic E-state index is 12.4. The molecule has 128 valence electrons. The Morgan fingerprint density at radius 1 is 1.00 bits per heavy atom. The van der Waals surface area contributed by atoms with Crippen LogP contribution in [0.2, 0.25) is 0 Å². The summed E-state index contributed by atoms with van der Waals surface area (Å²) in [5.74, 6) is 0.676. The summed E-state index contributed by atoms with van der Waals surface area (Å²) in [5, 5.41) is 3.03. The van der Waals surface area contributed by atoms with Gasteiger partial charge in [-0.3, -0.25) is 4.79 Å². The largest absolute Gasteiger partial charge is 0.481 e. The van der Waals surface area contributed by atoms with Crippen LogP contribution in [0.25, 0.3) is 0 Å². The average Bonchev–Trinajstić information content (AvgIpc) is 2.62. The van der Waals surface area contributed by atoms with Crippen LogP contribution in [-0.2, 0) is 17.6 Å². The van der Waals surface area contributed by atoms with Crippen molar-refractivity contribution < 1.29 is 9.53 Å². The summed E-state index contributed by atoms with van der Waals surface area (Å²) < 4.78 is 5.86. The van der Waals surface area contributed by atoms with Gasteiger partial charge in [0.05, 0.1) is 6.04 Å². The topological polar surface area (TPSA) is 38.3 Å². The quantitative estimate of drug-likeness (QED) is 0.816. The van der Waals surface area contributed by atoms with Gasteiger partial charge in [-0.25, -0.2) is 0 Å². The van der Waals surface area contributed by atoms with Crippen molar-refractivity contribution in [3.63, 3.8) is 0 Å². The van der Waals surface area contributed by atoms with Crippen LogP contribution >= 0.6 is 0 Å². The van der Waals surface area contributed by atoms with E-state index in [0.717, 1.165) is 29.7 Å². The Labute approximate surface area is 145 Å². The molecule has 0 spiro atoms. The highest BCUT2D eigenvalue weighted by molar-refractivity contribution is 5.81. The molecular weight excluding hydrogens is 298 g/mol. The number of carbonyl (C=O) groups is 1. The standard InChI is InChI=1S/C21H27NO2/c1-5-17-11-13-19(14-12-17)15(3)22-21(23)16(4)24-20-10-8-7-9-18(20)6-2/h7-16H,5-6H2,1-4H3,(H,22,23)/t15-,16+/m0/s1. The lowest BCUT2D eigenvalue weighted by atomic mass is 10.0. The van der Waals surface area contributed by atoms with Gasteiger partial charge in [0, 0.05) is 0 Å². The Kier molecular flexibility index (Phi) is 6.42. The zero-order valence-electron chi connectivity index (χ0n) is 15.0. The van der Waals surface area contributed by atoms with E-state index in [1.165, 1.54) is 5.56 Å². The monoisotopic (exact) mass is 325 g/mol. The first-order valence-corrected chi connectivity index (χ1v) is 8.68. The molecule has 2 atom stereocenters. The molecule has 24 heavy (non-hydrogen) atoms. The number of hydrogen-bond donors (Lipinski definition) is 1. The van der Waals surface area contributed by atoms with Crippen LogP contribution < -0.4 is 10.1 Å². The molecule has 0 heterocycles. The van der Waals surface area contributed by atoms with Crippen molar-refractivity contribution in [3.05, 3.63) is 65.2 Å². The molecule has 0 saturated carbocycles. The third-order valence-corrected chi connectivity index (χ3v) is 4.27. The van der Waals surface area contributed by atoms with Crippen LogP contribution in [0.1, 0.15) is 50.4 Å². The molecule has 0 aliphatic carbocycles. The molecule has 3 nitrogen and oxygen atoms in total. The minimum atomic E-state index is -0.532. The first kappa shape index (κ1) is 18.1. The van der Waals surface area contributed by atoms with Crippen LogP contribution in [0.3, 0.4) is 0 Å². The Morgan fingerprint density at radius 2 is 1.67 bits per heavy atom. The van der Waals surface area contributed by atoms with E-state index in [-0.39, 0.29) is 11.9 Å². The number of carbonyl (C=O) groups excluding carboxylic acids is 1. The number of ether oxygens (including phenoxy) is 1. The summed E-state index contributed by atoms with van der Waals surface area (Å²) in [6.07, 6.45) is 1.36. The summed E-state index contributed by atoms with van der Waals surface area (Å²) in [7, 11) is 0. The van der Waals surface area contributed by atoms with Crippen molar-refractivity contribution >= 4 is 5.91 Å². The zero-order chi connectivity index (χ0) is 17.5. The first-order chi connectivity index (χ1) is 11.5. The fraction of sp³-hybridized carbons (Fsp3) is 0.381. The molecule has 2 aromatic carbocycles. The molecular formula is C21H27NO2. The number of rotatable bonds is 7. The average molecular weight is 325 g/mol. The van der Waals surface area contributed by atoms with Gasteiger partial charge in [-0.2, -0.15) is 0 Å². The number of hydrogen-bond acceptors (Lipinski definition) is 2. The van der Waals surface area contributed by atoms with Crippen LogP contribution in [0.4, 0.5) is 0 Å². The molecule has 0 aromatic heterocycles. The second kappa shape index (κ2) is 8.53. The lowest BCUT2D eigenvalue weighted by Crippen LogP contribution is -2.37. The number of nitrogens with one attached hydrogen (secondary N) is 1. The summed E-state index contributed by atoms with van der Waals surface area (Å²) in [4.78, 5) is 12.4. The normalized spacial score (nSPS) is 13.2. The molecule has 0 unspecified atom stereocenters. The highest BCUT2D eigenvalue weighted by Crippen LogP contribution is 2.20. The minimum absolute atomic E-state index is 0.0455. The van der Waals surface area contributed by atoms with E-state index in [1.807, 2.05) is 31.2 Å². The van der Waals surface area contributed by atoms with E-state index in [1.54, 1.807) is 6.92 Å². The maximum atomic E-state index is 12.4. The molecule has 0 aliphatic rings. The molecule has 0 aliphatic heterocycles. The van der Waals surface area contributed by atoms with Gasteiger partial charge in [-0.05, 0) is 49.4 Å². The Morgan fingerprint density at radius 3 is 2.29 bits per heavy atom. The highest BCUT2D eigenvalue weighted by atomic mass is 16.5. The van der Waals surface area contributed by atoms with Crippen molar-refractivity contribution in [1.29, 1.82) is 0 Å². The third-order valence-electron chi connectivity index (χ3n) is 4.27. The fourth-order valence-electron chi connectivity index (χ4n) is 2.61. The van der Waals surface area contributed by atoms with E-state index < -0.39 is 6.10 Å². The summed E-state index contributed by atoms with van der Waals surface area (Å²) >= 11 is 0. The molecule has 1 amide bonds. The minimum Gasteiger partial charge on any atom is -0.481 e. The van der Waals surface area contributed by atoms with Crippen molar-refractivity contribution in [2.24, 2.45) is 0 Å². The maximum Gasteiger partial charge on any atom is 0.261 e. The second-order valence-electron chi connectivity index (χ2n) is 6.05. The lowest BCUT2D eigenvalue weighted by Gasteiger charge is -2.20. The summed E-state index contributed by atoms with van der Waals surface area (Å²) in [6, 6.07) is 16.2. The van der Waals surface area contributed by atoms with Gasteiger partial charge in [0.1, 0.15) is 5.75 Å². The second-order valence-corrected chi connectivity index (χ2v) is 6.05. The Balaban J connectivity index is 1.97. The van der Waals surface area contributed by atoms with Crippen LogP contribution in [-0.4, -0.2) is 12.0 Å². The van der Waals surface area contributed by atoms with Gasteiger partial charge in [-0.15, -0.1) is 0 Å². The van der Waals surface area contributed by atoms with E-state index in [2.05, 4.69) is 43.4 Å². The van der Waals surface area contributed by atoms with E-state index in [4.69, 9.17) is 4.74 Å². The van der Waals surface area contributed by atoms with Crippen molar-refractivity contribution in [2.75, 3.05) is 0 Å². The predicted molar refractivity (Wildman–Crippen MR) is 98.3 cm³/mol.